The van der Waals surface area contributed by atoms with Crippen LogP contribution < -0.4 is 0 Å². The molecule has 0 aliphatic carbocycles. The smallest absolute Gasteiger partial charge is 0.0892 e. The molecular formula is C15H26O2. The van der Waals surface area contributed by atoms with Crippen molar-refractivity contribution in [1.29, 1.82) is 0 Å². The molecule has 0 aromatic heterocycles. The number of aliphatic hydroxyl groups is 1. The summed E-state index contributed by atoms with van der Waals surface area (Å²) in [4.78, 5) is 0. The van der Waals surface area contributed by atoms with Gasteiger partial charge >= 0.3 is 0 Å². The SMILES string of the molecule is C/C(=C/CO)CC/C=C(/C)CCC1OC1(C)C. The lowest BCUT2D eigenvalue weighted by molar-refractivity contribution is 0.320. The van der Waals surface area contributed by atoms with Crippen LogP contribution in [0.2, 0.25) is 0 Å². The summed E-state index contributed by atoms with van der Waals surface area (Å²) in [5, 5.41) is 8.74. The van der Waals surface area contributed by atoms with Crippen molar-refractivity contribution in [3.8, 4) is 0 Å². The Morgan fingerprint density at radius 3 is 2.29 bits per heavy atom. The summed E-state index contributed by atoms with van der Waals surface area (Å²) in [6.07, 6.45) is 9.04. The summed E-state index contributed by atoms with van der Waals surface area (Å²) in [6, 6.07) is 0. The van der Waals surface area contributed by atoms with E-state index in [1.165, 1.54) is 11.1 Å². The van der Waals surface area contributed by atoms with Crippen LogP contribution in [0.1, 0.15) is 53.4 Å². The Morgan fingerprint density at radius 2 is 1.76 bits per heavy atom. The van der Waals surface area contributed by atoms with Crippen molar-refractivity contribution in [2.24, 2.45) is 0 Å². The minimum atomic E-state index is 0.126. The van der Waals surface area contributed by atoms with Gasteiger partial charge in [0.25, 0.3) is 0 Å². The largest absolute Gasteiger partial charge is 0.392 e. The maximum Gasteiger partial charge on any atom is 0.0892 e. The number of allylic oxidation sites excluding steroid dienone is 3. The fourth-order valence-electron chi connectivity index (χ4n) is 2.00. The van der Waals surface area contributed by atoms with Gasteiger partial charge in [0.15, 0.2) is 0 Å². The predicted molar refractivity (Wildman–Crippen MR) is 72.0 cm³/mol. The first-order valence-electron chi connectivity index (χ1n) is 6.55. The lowest BCUT2D eigenvalue weighted by Gasteiger charge is -2.01. The van der Waals surface area contributed by atoms with Crippen LogP contribution in [0.3, 0.4) is 0 Å². The second-order valence-electron chi connectivity index (χ2n) is 5.57. The molecule has 1 unspecified atom stereocenters. The van der Waals surface area contributed by atoms with Gasteiger partial charge in [0.2, 0.25) is 0 Å². The Labute approximate surface area is 105 Å². The van der Waals surface area contributed by atoms with Gasteiger partial charge in [-0.15, -0.1) is 0 Å². The first-order chi connectivity index (χ1) is 7.95. The molecule has 0 spiro atoms. The van der Waals surface area contributed by atoms with Crippen molar-refractivity contribution < 1.29 is 9.84 Å². The fourth-order valence-corrected chi connectivity index (χ4v) is 2.00. The molecule has 0 aromatic rings. The van der Waals surface area contributed by atoms with E-state index in [1.807, 2.05) is 6.08 Å². The second-order valence-corrected chi connectivity index (χ2v) is 5.57. The topological polar surface area (TPSA) is 32.8 Å². The van der Waals surface area contributed by atoms with Crippen LogP contribution in [0.15, 0.2) is 23.3 Å². The van der Waals surface area contributed by atoms with Crippen molar-refractivity contribution in [2.75, 3.05) is 6.61 Å². The van der Waals surface area contributed by atoms with Crippen LogP contribution in [-0.4, -0.2) is 23.4 Å². The van der Waals surface area contributed by atoms with Gasteiger partial charge in [0.05, 0.1) is 18.3 Å². The van der Waals surface area contributed by atoms with Crippen LogP contribution in [0.25, 0.3) is 0 Å². The van der Waals surface area contributed by atoms with Gasteiger partial charge < -0.3 is 9.84 Å². The number of hydrogen-bond donors (Lipinski definition) is 1. The predicted octanol–water partition coefficient (Wildman–Crippen LogP) is 3.61. The molecule has 0 radical (unpaired) electrons. The highest BCUT2D eigenvalue weighted by molar-refractivity contribution is 5.05. The van der Waals surface area contributed by atoms with Gasteiger partial charge in [-0.25, -0.2) is 0 Å². The Balaban J connectivity index is 2.15. The average Bonchev–Trinajstić information content (AvgIpc) is 2.84. The first kappa shape index (κ1) is 14.5. The molecule has 1 fully saturated rings. The highest BCUT2D eigenvalue weighted by Crippen LogP contribution is 2.38. The van der Waals surface area contributed by atoms with E-state index in [1.54, 1.807) is 0 Å². The third kappa shape index (κ3) is 5.51. The molecular weight excluding hydrogens is 212 g/mol. The van der Waals surface area contributed by atoms with E-state index in [-0.39, 0.29) is 12.2 Å². The molecule has 0 saturated carbocycles. The van der Waals surface area contributed by atoms with E-state index in [0.717, 1.165) is 25.7 Å². The van der Waals surface area contributed by atoms with E-state index in [4.69, 9.17) is 9.84 Å². The van der Waals surface area contributed by atoms with Gasteiger partial charge in [-0.3, -0.25) is 0 Å². The maximum atomic E-state index is 8.74. The van der Waals surface area contributed by atoms with Gasteiger partial charge in [-0.1, -0.05) is 23.3 Å². The summed E-state index contributed by atoms with van der Waals surface area (Å²) >= 11 is 0. The molecule has 17 heavy (non-hydrogen) atoms. The zero-order chi connectivity index (χ0) is 12.9. The zero-order valence-electron chi connectivity index (χ0n) is 11.6. The molecule has 2 nitrogen and oxygen atoms in total. The summed E-state index contributed by atoms with van der Waals surface area (Å²) in [6.45, 7) is 8.72. The van der Waals surface area contributed by atoms with Gasteiger partial charge in [0.1, 0.15) is 0 Å². The molecule has 1 atom stereocenters. The summed E-state index contributed by atoms with van der Waals surface area (Å²) in [5.41, 5.74) is 2.84. The van der Waals surface area contributed by atoms with Crippen LogP contribution in [0, 0.1) is 0 Å². The second kappa shape index (κ2) is 6.36. The van der Waals surface area contributed by atoms with Crippen molar-refractivity contribution in [1.82, 2.24) is 0 Å². The van der Waals surface area contributed by atoms with Crippen LogP contribution in [0.4, 0.5) is 0 Å². The molecule has 1 aliphatic heterocycles. The van der Waals surface area contributed by atoms with Gasteiger partial charge in [-0.2, -0.15) is 0 Å². The third-order valence-electron chi connectivity index (χ3n) is 3.44. The van der Waals surface area contributed by atoms with E-state index in [0.29, 0.717) is 6.10 Å². The Bertz CT molecular complexity index is 300. The highest BCUT2D eigenvalue weighted by atomic mass is 16.6. The van der Waals surface area contributed by atoms with Crippen LogP contribution >= 0.6 is 0 Å². The van der Waals surface area contributed by atoms with Crippen molar-refractivity contribution >= 4 is 0 Å². The average molecular weight is 238 g/mol. The minimum Gasteiger partial charge on any atom is -0.392 e. The van der Waals surface area contributed by atoms with E-state index < -0.39 is 0 Å². The van der Waals surface area contributed by atoms with Crippen molar-refractivity contribution in [2.45, 2.75) is 65.1 Å². The molecule has 0 bridgehead atoms. The summed E-state index contributed by atoms with van der Waals surface area (Å²) in [5.74, 6) is 0. The van der Waals surface area contributed by atoms with Crippen LogP contribution in [-0.2, 0) is 4.74 Å². The molecule has 0 aromatic carbocycles. The number of aliphatic hydroxyl groups excluding tert-OH is 1. The molecule has 98 valence electrons. The molecule has 1 N–H and O–H groups in total. The summed E-state index contributed by atoms with van der Waals surface area (Å²) in [7, 11) is 0. The lowest BCUT2D eigenvalue weighted by Crippen LogP contribution is -2.02. The minimum absolute atomic E-state index is 0.126. The molecule has 0 amide bonds. The quantitative estimate of drug-likeness (QED) is 0.543. The molecule has 1 rings (SSSR count). The van der Waals surface area contributed by atoms with Crippen molar-refractivity contribution in [3.63, 3.8) is 0 Å². The Morgan fingerprint density at radius 1 is 1.18 bits per heavy atom. The molecule has 1 heterocycles. The Hall–Kier alpha value is -0.600. The number of hydrogen-bond acceptors (Lipinski definition) is 2. The number of ether oxygens (including phenoxy) is 1. The number of epoxide rings is 1. The molecule has 1 saturated heterocycles. The van der Waals surface area contributed by atoms with E-state index in [9.17, 15) is 0 Å². The molecule has 1 aliphatic rings. The Kier molecular flexibility index (Phi) is 5.41. The van der Waals surface area contributed by atoms with E-state index in [2.05, 4.69) is 33.8 Å². The highest BCUT2D eigenvalue weighted by Gasteiger charge is 2.46. The monoisotopic (exact) mass is 238 g/mol. The normalized spacial score (nSPS) is 23.9. The fraction of sp³-hybridized carbons (Fsp3) is 0.733. The van der Waals surface area contributed by atoms with Crippen molar-refractivity contribution in [3.05, 3.63) is 23.3 Å². The number of rotatable bonds is 7. The lowest BCUT2D eigenvalue weighted by atomic mass is 10.0. The van der Waals surface area contributed by atoms with Crippen LogP contribution in [0.5, 0.6) is 0 Å². The first-order valence-corrected chi connectivity index (χ1v) is 6.55. The maximum absolute atomic E-state index is 8.74. The van der Waals surface area contributed by atoms with E-state index >= 15 is 0 Å². The van der Waals surface area contributed by atoms with Gasteiger partial charge in [0, 0.05) is 0 Å². The van der Waals surface area contributed by atoms with Gasteiger partial charge in [-0.05, 0) is 53.4 Å². The standard InChI is InChI=1S/C15H26O2/c1-12(6-5-7-13(2)10-11-16)8-9-14-15(3,4)17-14/h6,10,14,16H,5,7-9,11H2,1-4H3/b12-6-,13-10-. The molecule has 2 heteroatoms. The zero-order valence-corrected chi connectivity index (χ0v) is 11.6. The summed E-state index contributed by atoms with van der Waals surface area (Å²) < 4.78 is 5.57. The third-order valence-corrected chi connectivity index (χ3v) is 3.44.